The Morgan fingerprint density at radius 3 is 2.39 bits per heavy atom. The number of ether oxygens (including phenoxy) is 1. The summed E-state index contributed by atoms with van der Waals surface area (Å²) < 4.78 is 57.7. The van der Waals surface area contributed by atoms with Crippen LogP contribution in [-0.2, 0) is 14.6 Å². The maximum Gasteiger partial charge on any atom is 0.217 e. The number of sulfone groups is 1. The average Bonchev–Trinajstić information content (AvgIpc) is 2.55. The first-order valence-corrected chi connectivity index (χ1v) is 8.44. The van der Waals surface area contributed by atoms with E-state index in [4.69, 9.17) is 4.74 Å². The van der Waals surface area contributed by atoms with Crippen LogP contribution in [0.5, 0.6) is 0 Å². The quantitative estimate of drug-likeness (QED) is 0.865. The molecule has 0 spiro atoms. The standard InChI is InChI=1S/C16H13F2NO3S/c17-11-8-12(18)10-13(9-11)23(20,21)15-5-2-1-4-14(15)16-19-6-3-7-22-16/h1-2,4-5,8-10H,3,6-7H2. The Morgan fingerprint density at radius 2 is 1.74 bits per heavy atom. The lowest BCUT2D eigenvalue weighted by Gasteiger charge is -2.16. The summed E-state index contributed by atoms with van der Waals surface area (Å²) in [5.41, 5.74) is 0.289. The normalized spacial score (nSPS) is 15.0. The van der Waals surface area contributed by atoms with Crippen LogP contribution < -0.4 is 0 Å². The minimum Gasteiger partial charge on any atom is -0.477 e. The molecule has 0 unspecified atom stereocenters. The zero-order chi connectivity index (χ0) is 16.4. The maximum atomic E-state index is 13.4. The Labute approximate surface area is 132 Å². The average molecular weight is 337 g/mol. The van der Waals surface area contributed by atoms with Crippen molar-refractivity contribution in [2.75, 3.05) is 13.2 Å². The highest BCUT2D eigenvalue weighted by Gasteiger charge is 2.25. The lowest BCUT2D eigenvalue weighted by Crippen LogP contribution is -2.18. The van der Waals surface area contributed by atoms with Gasteiger partial charge >= 0.3 is 0 Å². The molecule has 1 aliphatic rings. The first-order valence-electron chi connectivity index (χ1n) is 6.96. The third-order valence-electron chi connectivity index (χ3n) is 3.35. The van der Waals surface area contributed by atoms with Gasteiger partial charge in [-0.25, -0.2) is 17.2 Å². The molecule has 0 N–H and O–H groups in total. The molecular weight excluding hydrogens is 324 g/mol. The van der Waals surface area contributed by atoms with E-state index in [1.165, 1.54) is 12.1 Å². The predicted octanol–water partition coefficient (Wildman–Crippen LogP) is 2.96. The number of halogens is 2. The molecule has 1 heterocycles. The van der Waals surface area contributed by atoms with Gasteiger partial charge in [0.1, 0.15) is 11.6 Å². The molecule has 0 bridgehead atoms. The summed E-state index contributed by atoms with van der Waals surface area (Å²) in [6.07, 6.45) is 0.757. The van der Waals surface area contributed by atoms with Crippen molar-refractivity contribution in [2.45, 2.75) is 16.2 Å². The van der Waals surface area contributed by atoms with Crippen LogP contribution in [0, 0.1) is 11.6 Å². The third-order valence-corrected chi connectivity index (χ3v) is 5.14. The number of aliphatic imine (C=N–C) groups is 1. The summed E-state index contributed by atoms with van der Waals surface area (Å²) in [7, 11) is -4.10. The van der Waals surface area contributed by atoms with E-state index in [-0.39, 0.29) is 16.4 Å². The molecule has 23 heavy (non-hydrogen) atoms. The van der Waals surface area contributed by atoms with Gasteiger partial charge in [0.25, 0.3) is 0 Å². The molecule has 120 valence electrons. The molecule has 0 saturated heterocycles. The van der Waals surface area contributed by atoms with Crippen LogP contribution >= 0.6 is 0 Å². The summed E-state index contributed by atoms with van der Waals surface area (Å²) in [6.45, 7) is 0.986. The first kappa shape index (κ1) is 15.6. The number of hydrogen-bond acceptors (Lipinski definition) is 4. The predicted molar refractivity (Wildman–Crippen MR) is 80.2 cm³/mol. The minimum atomic E-state index is -4.10. The molecule has 4 nitrogen and oxygen atoms in total. The van der Waals surface area contributed by atoms with Crippen molar-refractivity contribution in [3.8, 4) is 0 Å². The molecule has 3 rings (SSSR count). The van der Waals surface area contributed by atoms with Gasteiger partial charge in [-0.3, -0.25) is 4.99 Å². The van der Waals surface area contributed by atoms with Crippen molar-refractivity contribution in [1.29, 1.82) is 0 Å². The van der Waals surface area contributed by atoms with Crippen LogP contribution in [0.1, 0.15) is 12.0 Å². The number of benzene rings is 2. The van der Waals surface area contributed by atoms with Gasteiger partial charge in [-0.1, -0.05) is 12.1 Å². The van der Waals surface area contributed by atoms with E-state index in [1.807, 2.05) is 0 Å². The summed E-state index contributed by atoms with van der Waals surface area (Å²) in [4.78, 5) is 3.65. The highest BCUT2D eigenvalue weighted by Crippen LogP contribution is 2.26. The van der Waals surface area contributed by atoms with Crippen LogP contribution in [0.4, 0.5) is 8.78 Å². The molecule has 7 heteroatoms. The van der Waals surface area contributed by atoms with Gasteiger partial charge in [0.15, 0.2) is 0 Å². The van der Waals surface area contributed by atoms with Crippen LogP contribution in [0.15, 0.2) is 57.2 Å². The Bertz CT molecular complexity index is 858. The summed E-state index contributed by atoms with van der Waals surface area (Å²) in [5, 5.41) is 0. The number of hydrogen-bond donors (Lipinski definition) is 0. The van der Waals surface area contributed by atoms with Gasteiger partial charge in [0.05, 0.1) is 22.0 Å². The summed E-state index contributed by atoms with van der Waals surface area (Å²) in [5.74, 6) is -1.67. The smallest absolute Gasteiger partial charge is 0.217 e. The second-order valence-electron chi connectivity index (χ2n) is 4.99. The molecule has 0 radical (unpaired) electrons. The molecule has 0 amide bonds. The SMILES string of the molecule is O=S(=O)(c1cc(F)cc(F)c1)c1ccccc1C1=NCCCO1. The van der Waals surface area contributed by atoms with Gasteiger partial charge in [-0.15, -0.1) is 0 Å². The van der Waals surface area contributed by atoms with Crippen LogP contribution in [0.2, 0.25) is 0 Å². The monoisotopic (exact) mass is 337 g/mol. The molecular formula is C16H13F2NO3S. The molecule has 0 atom stereocenters. The van der Waals surface area contributed by atoms with Gasteiger partial charge in [0.2, 0.25) is 15.7 Å². The van der Waals surface area contributed by atoms with E-state index in [2.05, 4.69) is 4.99 Å². The summed E-state index contributed by atoms with van der Waals surface area (Å²) >= 11 is 0. The zero-order valence-electron chi connectivity index (χ0n) is 12.0. The first-order chi connectivity index (χ1) is 11.0. The van der Waals surface area contributed by atoms with E-state index in [1.54, 1.807) is 12.1 Å². The van der Waals surface area contributed by atoms with Gasteiger partial charge in [0, 0.05) is 19.0 Å². The Balaban J connectivity index is 2.16. The highest BCUT2D eigenvalue weighted by molar-refractivity contribution is 7.91. The molecule has 0 aliphatic carbocycles. The van der Waals surface area contributed by atoms with Gasteiger partial charge in [-0.2, -0.15) is 0 Å². The van der Waals surface area contributed by atoms with Crippen molar-refractivity contribution in [3.63, 3.8) is 0 Å². The fraction of sp³-hybridized carbons (Fsp3) is 0.188. The van der Waals surface area contributed by atoms with E-state index < -0.39 is 26.4 Å². The second-order valence-corrected chi connectivity index (χ2v) is 6.91. The Morgan fingerprint density at radius 1 is 1.04 bits per heavy atom. The Hall–Kier alpha value is -2.28. The zero-order valence-corrected chi connectivity index (χ0v) is 12.8. The highest BCUT2D eigenvalue weighted by atomic mass is 32.2. The van der Waals surface area contributed by atoms with Crippen LogP contribution in [0.25, 0.3) is 0 Å². The van der Waals surface area contributed by atoms with Gasteiger partial charge in [-0.05, 0) is 24.3 Å². The second kappa shape index (κ2) is 6.08. The largest absolute Gasteiger partial charge is 0.477 e. The van der Waals surface area contributed by atoms with Gasteiger partial charge < -0.3 is 4.74 Å². The van der Waals surface area contributed by atoms with Crippen molar-refractivity contribution < 1.29 is 21.9 Å². The topological polar surface area (TPSA) is 55.7 Å². The number of rotatable bonds is 3. The van der Waals surface area contributed by atoms with E-state index in [9.17, 15) is 17.2 Å². The summed E-state index contributed by atoms with van der Waals surface area (Å²) in [6, 6.07) is 8.33. The van der Waals surface area contributed by atoms with Crippen molar-refractivity contribution in [1.82, 2.24) is 0 Å². The van der Waals surface area contributed by atoms with Crippen LogP contribution in [0.3, 0.4) is 0 Å². The molecule has 0 saturated carbocycles. The van der Waals surface area contributed by atoms with Crippen LogP contribution in [-0.4, -0.2) is 27.5 Å². The maximum absolute atomic E-state index is 13.4. The fourth-order valence-electron chi connectivity index (χ4n) is 2.31. The molecule has 1 aliphatic heterocycles. The lowest BCUT2D eigenvalue weighted by atomic mass is 10.2. The van der Waals surface area contributed by atoms with E-state index in [0.717, 1.165) is 18.6 Å². The fourth-order valence-corrected chi connectivity index (χ4v) is 3.80. The third kappa shape index (κ3) is 3.10. The van der Waals surface area contributed by atoms with E-state index >= 15 is 0 Å². The van der Waals surface area contributed by atoms with E-state index in [0.29, 0.717) is 19.2 Å². The minimum absolute atomic E-state index is 0.0920. The lowest BCUT2D eigenvalue weighted by molar-refractivity contribution is 0.283. The number of nitrogens with zero attached hydrogens (tertiary/aromatic N) is 1. The van der Waals surface area contributed by atoms with Crippen molar-refractivity contribution >= 4 is 15.7 Å². The molecule has 0 fully saturated rings. The van der Waals surface area contributed by atoms with Crippen molar-refractivity contribution in [2.24, 2.45) is 4.99 Å². The molecule has 2 aromatic carbocycles. The Kier molecular flexibility index (Phi) is 4.12. The van der Waals surface area contributed by atoms with Crippen molar-refractivity contribution in [3.05, 3.63) is 59.7 Å². The molecule has 2 aromatic rings. The molecule has 0 aromatic heterocycles.